The van der Waals surface area contributed by atoms with Crippen LogP contribution < -0.4 is 56.3 Å². The summed E-state index contributed by atoms with van der Waals surface area (Å²) in [5.74, 6) is 0.823. The molecule has 0 saturated carbocycles. The van der Waals surface area contributed by atoms with E-state index in [1.165, 1.54) is 83.5 Å². The zero-order valence-electron chi connectivity index (χ0n) is 21.5. The fourth-order valence-corrected chi connectivity index (χ4v) is 2.88. The van der Waals surface area contributed by atoms with E-state index in [1.807, 2.05) is 0 Å². The van der Waals surface area contributed by atoms with Crippen LogP contribution >= 0.6 is 7.82 Å². The number of hydrogen-bond acceptors (Lipinski definition) is 5. The fourth-order valence-electron chi connectivity index (χ4n) is 2.88. The first kappa shape index (κ1) is 40.8. The van der Waals surface area contributed by atoms with Gasteiger partial charge >= 0.3 is 51.4 Å². The normalized spacial score (nSPS) is 10.7. The summed E-state index contributed by atoms with van der Waals surface area (Å²) >= 11 is 0. The summed E-state index contributed by atoms with van der Waals surface area (Å²) in [6.07, 6.45) is 19.8. The Kier molecular flexibility index (Phi) is 44.3. The van der Waals surface area contributed by atoms with Crippen LogP contribution in [0.3, 0.4) is 0 Å². The van der Waals surface area contributed by atoms with Gasteiger partial charge in [-0.15, -0.1) is 0 Å². The largest absolute Gasteiger partial charge is 1.00 e. The zero-order valence-corrected chi connectivity index (χ0v) is 25.5. The third kappa shape index (κ3) is 63.4. The Labute approximate surface area is 240 Å². The Balaban J connectivity index is -0.000000219. The second kappa shape index (κ2) is 34.8. The minimum Gasteiger partial charge on any atom is -0.756 e. The van der Waals surface area contributed by atoms with Crippen LogP contribution in [-0.2, 0) is 9.30 Å². The van der Waals surface area contributed by atoms with Crippen molar-refractivity contribution >= 4 is 7.82 Å². The molecule has 4 N–H and O–H groups in total. The number of aliphatic hydroxyl groups is 2. The Morgan fingerprint density at radius 1 is 0.719 bits per heavy atom. The quantitative estimate of drug-likeness (QED) is 0.119. The van der Waals surface area contributed by atoms with Gasteiger partial charge in [-0.1, -0.05) is 104 Å². The summed E-state index contributed by atoms with van der Waals surface area (Å²) in [4.78, 5) is 22.9. The first-order valence-corrected chi connectivity index (χ1v) is 13.8. The monoisotopic (exact) mass is 510 g/mol. The summed E-state index contributed by atoms with van der Waals surface area (Å²) in [5.41, 5.74) is 0. The van der Waals surface area contributed by atoms with Crippen molar-refractivity contribution in [2.24, 2.45) is 5.92 Å². The van der Waals surface area contributed by atoms with Crippen molar-refractivity contribution in [1.82, 2.24) is 0 Å². The molecule has 0 spiro atoms. The molecular formula is C23H52KO7P. The molecule has 0 radical (unpaired) electrons. The molecule has 7 nitrogen and oxygen atoms in total. The summed E-state index contributed by atoms with van der Waals surface area (Å²) in [6.45, 7) is 8.56. The van der Waals surface area contributed by atoms with Crippen LogP contribution in [0.2, 0.25) is 0 Å². The number of rotatable bonds is 19. The maximum Gasteiger partial charge on any atom is 1.00 e. The van der Waals surface area contributed by atoms with Crippen LogP contribution in [0.25, 0.3) is 0 Å². The van der Waals surface area contributed by atoms with Crippen molar-refractivity contribution in [3.8, 4) is 0 Å². The van der Waals surface area contributed by atoms with E-state index >= 15 is 0 Å². The molecule has 32 heavy (non-hydrogen) atoms. The first-order chi connectivity index (χ1) is 14.7. The molecule has 0 unspecified atom stereocenters. The van der Waals surface area contributed by atoms with E-state index in [0.717, 1.165) is 25.4 Å². The van der Waals surface area contributed by atoms with E-state index in [1.54, 1.807) is 0 Å². The van der Waals surface area contributed by atoms with Crippen molar-refractivity contribution < 1.29 is 85.6 Å². The SMILES string of the molecule is CC(C)CCCCCO.CCCCCCCCCCCCCOCCO.O=P([O-])(O)O.[K+]. The number of ether oxygens (including phenoxy) is 1. The maximum atomic E-state index is 8.77. The number of hydrogen-bond donors (Lipinski definition) is 4. The molecule has 0 aliphatic heterocycles. The van der Waals surface area contributed by atoms with E-state index in [4.69, 9.17) is 34.2 Å². The summed E-state index contributed by atoms with van der Waals surface area (Å²) in [6, 6.07) is 0. The second-order valence-electron chi connectivity index (χ2n) is 8.33. The summed E-state index contributed by atoms with van der Waals surface area (Å²) in [5, 5.41) is 16.9. The van der Waals surface area contributed by atoms with E-state index < -0.39 is 7.82 Å². The van der Waals surface area contributed by atoms with Crippen LogP contribution in [0.5, 0.6) is 0 Å². The predicted molar refractivity (Wildman–Crippen MR) is 127 cm³/mol. The van der Waals surface area contributed by atoms with Crippen LogP contribution in [0.4, 0.5) is 0 Å². The number of unbranched alkanes of at least 4 members (excludes halogenated alkanes) is 12. The number of phosphoric acid groups is 1. The standard InChI is InChI=1S/C15H32O2.C8H18O.K.H3O4P/c1-2-3-4-5-6-7-8-9-10-11-12-14-17-15-13-16;1-8(2)6-4-3-5-7-9;;1-5(2,3)4/h16H,2-15H2,1H3;8-9H,3-7H2,1-2H3;;(H3,1,2,3,4)/q;;+1;/p-1. The van der Waals surface area contributed by atoms with Gasteiger partial charge in [-0.3, -0.25) is 4.57 Å². The van der Waals surface area contributed by atoms with Gasteiger partial charge in [-0.05, 0) is 18.8 Å². The van der Waals surface area contributed by atoms with E-state index in [2.05, 4.69) is 20.8 Å². The maximum absolute atomic E-state index is 8.77. The molecule has 0 aromatic rings. The zero-order chi connectivity index (χ0) is 24.2. The topological polar surface area (TPSA) is 130 Å². The van der Waals surface area contributed by atoms with Gasteiger partial charge in [0.15, 0.2) is 0 Å². The average molecular weight is 511 g/mol. The van der Waals surface area contributed by atoms with Gasteiger partial charge in [0, 0.05) is 13.2 Å². The van der Waals surface area contributed by atoms with Crippen LogP contribution in [0.15, 0.2) is 0 Å². The summed E-state index contributed by atoms with van der Waals surface area (Å²) in [7, 11) is -4.89. The van der Waals surface area contributed by atoms with Crippen LogP contribution in [0, 0.1) is 5.92 Å². The predicted octanol–water partition coefficient (Wildman–Crippen LogP) is 1.94. The smallest absolute Gasteiger partial charge is 0.756 e. The molecule has 0 bridgehead atoms. The summed E-state index contributed by atoms with van der Waals surface area (Å²) < 4.78 is 14.0. The molecule has 0 amide bonds. The van der Waals surface area contributed by atoms with Gasteiger partial charge < -0.3 is 29.6 Å². The van der Waals surface area contributed by atoms with Gasteiger partial charge in [-0.2, -0.15) is 0 Å². The molecule has 0 saturated heterocycles. The molecule has 0 rings (SSSR count). The van der Waals surface area contributed by atoms with E-state index in [-0.39, 0.29) is 58.0 Å². The van der Waals surface area contributed by atoms with Gasteiger partial charge in [0.2, 0.25) is 0 Å². The Morgan fingerprint density at radius 2 is 1.12 bits per heavy atom. The van der Waals surface area contributed by atoms with E-state index in [9.17, 15) is 0 Å². The molecule has 0 heterocycles. The van der Waals surface area contributed by atoms with Gasteiger partial charge in [-0.25, -0.2) is 0 Å². The second-order valence-corrected chi connectivity index (χ2v) is 9.31. The molecule has 0 atom stereocenters. The molecule has 9 heteroatoms. The molecule has 0 aliphatic rings. The van der Waals surface area contributed by atoms with Crippen molar-refractivity contribution in [2.75, 3.05) is 26.4 Å². The van der Waals surface area contributed by atoms with Gasteiger partial charge in [0.1, 0.15) is 0 Å². The third-order valence-corrected chi connectivity index (χ3v) is 4.57. The fraction of sp³-hybridized carbons (Fsp3) is 1.00. The minimum atomic E-state index is -4.89. The van der Waals surface area contributed by atoms with Gasteiger partial charge in [0.25, 0.3) is 7.82 Å². The Bertz CT molecular complexity index is 333. The Hall–Kier alpha value is 1.63. The van der Waals surface area contributed by atoms with Crippen molar-refractivity contribution in [3.05, 3.63) is 0 Å². The van der Waals surface area contributed by atoms with E-state index in [0.29, 0.717) is 13.2 Å². The molecule has 0 fully saturated rings. The van der Waals surface area contributed by atoms with Crippen molar-refractivity contribution in [2.45, 2.75) is 117 Å². The Morgan fingerprint density at radius 3 is 1.50 bits per heavy atom. The van der Waals surface area contributed by atoms with Crippen LogP contribution in [0.1, 0.15) is 117 Å². The molecule has 0 aliphatic carbocycles. The third-order valence-electron chi connectivity index (χ3n) is 4.57. The van der Waals surface area contributed by atoms with Crippen molar-refractivity contribution in [1.29, 1.82) is 0 Å². The van der Waals surface area contributed by atoms with Crippen molar-refractivity contribution in [3.63, 3.8) is 0 Å². The number of aliphatic hydroxyl groups excluding tert-OH is 2. The molecule has 0 aromatic heterocycles. The molecule has 192 valence electrons. The van der Waals surface area contributed by atoms with Gasteiger partial charge in [0.05, 0.1) is 13.2 Å². The average Bonchev–Trinajstić information content (AvgIpc) is 2.68. The minimum absolute atomic E-state index is 0. The van der Waals surface area contributed by atoms with Crippen LogP contribution in [-0.4, -0.2) is 46.4 Å². The first-order valence-electron chi connectivity index (χ1n) is 12.2. The molecular weight excluding hydrogens is 458 g/mol. The molecule has 0 aromatic carbocycles.